The van der Waals surface area contributed by atoms with Crippen LogP contribution < -0.4 is 0 Å². The van der Waals surface area contributed by atoms with Crippen LogP contribution in [0.15, 0.2) is 128 Å². The van der Waals surface area contributed by atoms with E-state index in [-0.39, 0.29) is 5.41 Å². The van der Waals surface area contributed by atoms with Gasteiger partial charge in [0.05, 0.1) is 16.3 Å². The molecule has 200 valence electrons. The fourth-order valence-corrected chi connectivity index (χ4v) is 7.29. The molecule has 0 unspecified atom stereocenters. The minimum Gasteiger partial charge on any atom is -0.264 e. The highest BCUT2D eigenvalue weighted by atomic mass is 32.1. The lowest BCUT2D eigenvalue weighted by Gasteiger charge is -2.21. The summed E-state index contributed by atoms with van der Waals surface area (Å²) in [5, 5.41) is 1.23. The maximum absolute atomic E-state index is 5.24. The molecule has 0 radical (unpaired) electrons. The van der Waals surface area contributed by atoms with Crippen LogP contribution in [0.4, 0.5) is 0 Å². The van der Waals surface area contributed by atoms with Crippen molar-refractivity contribution in [3.05, 3.63) is 139 Å². The van der Waals surface area contributed by atoms with Gasteiger partial charge in [0, 0.05) is 33.6 Å². The second kappa shape index (κ2) is 9.57. The molecule has 42 heavy (non-hydrogen) atoms. The Kier molecular flexibility index (Phi) is 5.66. The monoisotopic (exact) mass is 557 g/mol. The van der Waals surface area contributed by atoms with Gasteiger partial charge in [-0.25, -0.2) is 9.97 Å². The lowest BCUT2D eigenvalue weighted by atomic mass is 9.82. The maximum atomic E-state index is 5.24. The summed E-state index contributed by atoms with van der Waals surface area (Å²) in [5.41, 5.74) is 11.4. The van der Waals surface area contributed by atoms with Crippen molar-refractivity contribution in [1.29, 1.82) is 0 Å². The molecule has 3 aromatic heterocycles. The van der Waals surface area contributed by atoms with E-state index in [9.17, 15) is 0 Å². The van der Waals surface area contributed by atoms with Crippen LogP contribution in [0.25, 0.3) is 65.6 Å². The van der Waals surface area contributed by atoms with E-state index in [0.717, 1.165) is 44.3 Å². The van der Waals surface area contributed by atoms with Gasteiger partial charge in [-0.1, -0.05) is 105 Å². The number of fused-ring (bicyclic) bond motifs is 4. The van der Waals surface area contributed by atoms with Crippen molar-refractivity contribution in [2.24, 2.45) is 0 Å². The Hall–Kier alpha value is -4.93. The number of hydrogen-bond donors (Lipinski definition) is 0. The first-order chi connectivity index (χ1) is 20.6. The van der Waals surface area contributed by atoms with Crippen LogP contribution in [-0.4, -0.2) is 15.0 Å². The fourth-order valence-electron chi connectivity index (χ4n) is 6.26. The molecule has 0 atom stereocenters. The summed E-state index contributed by atoms with van der Waals surface area (Å²) >= 11 is 1.77. The minimum atomic E-state index is -0.0752. The van der Waals surface area contributed by atoms with Gasteiger partial charge in [0.1, 0.15) is 0 Å². The van der Waals surface area contributed by atoms with Crippen molar-refractivity contribution in [2.75, 3.05) is 0 Å². The van der Waals surface area contributed by atoms with Crippen molar-refractivity contribution in [3.63, 3.8) is 0 Å². The highest BCUT2D eigenvalue weighted by molar-refractivity contribution is 7.22. The van der Waals surface area contributed by atoms with E-state index in [1.807, 2.05) is 12.3 Å². The molecule has 0 fully saturated rings. The molecule has 4 aromatic carbocycles. The topological polar surface area (TPSA) is 38.7 Å². The SMILES string of the molecule is CC1(C)c2ccccc2-c2c(-c3cc(-c4cc5ccccc5s4)nc(-c4ccc(-c5cccnc5)cc4)n3)cccc21. The van der Waals surface area contributed by atoms with Crippen LogP contribution in [0.5, 0.6) is 0 Å². The van der Waals surface area contributed by atoms with Gasteiger partial charge >= 0.3 is 0 Å². The number of thiophene rings is 1. The molecule has 0 spiro atoms. The number of pyridine rings is 1. The quantitative estimate of drug-likeness (QED) is 0.216. The number of aromatic nitrogens is 3. The lowest BCUT2D eigenvalue weighted by molar-refractivity contribution is 0.660. The van der Waals surface area contributed by atoms with E-state index in [0.29, 0.717) is 0 Å². The molecule has 1 aliphatic rings. The maximum Gasteiger partial charge on any atom is 0.160 e. The van der Waals surface area contributed by atoms with Crippen molar-refractivity contribution >= 4 is 21.4 Å². The summed E-state index contributed by atoms with van der Waals surface area (Å²) in [5.74, 6) is 0.723. The van der Waals surface area contributed by atoms with E-state index >= 15 is 0 Å². The van der Waals surface area contributed by atoms with Crippen LogP contribution in [0.1, 0.15) is 25.0 Å². The Morgan fingerprint density at radius 3 is 2.17 bits per heavy atom. The zero-order valence-corrected chi connectivity index (χ0v) is 24.2. The van der Waals surface area contributed by atoms with Crippen molar-refractivity contribution in [2.45, 2.75) is 19.3 Å². The van der Waals surface area contributed by atoms with Gasteiger partial charge in [-0.3, -0.25) is 4.98 Å². The number of rotatable bonds is 4. The molecule has 0 amide bonds. The molecule has 1 aliphatic carbocycles. The number of hydrogen-bond acceptors (Lipinski definition) is 4. The van der Waals surface area contributed by atoms with Crippen LogP contribution in [0.2, 0.25) is 0 Å². The van der Waals surface area contributed by atoms with Gasteiger partial charge in [-0.2, -0.15) is 0 Å². The molecule has 0 N–H and O–H groups in total. The summed E-state index contributed by atoms with van der Waals surface area (Å²) in [6, 6.07) is 40.9. The first-order valence-electron chi connectivity index (χ1n) is 14.2. The molecule has 0 bridgehead atoms. The highest BCUT2D eigenvalue weighted by Gasteiger charge is 2.36. The second-order valence-electron chi connectivity index (χ2n) is 11.3. The van der Waals surface area contributed by atoms with Gasteiger partial charge in [0.2, 0.25) is 0 Å². The van der Waals surface area contributed by atoms with E-state index < -0.39 is 0 Å². The third-order valence-corrected chi connectivity index (χ3v) is 9.56. The van der Waals surface area contributed by atoms with Crippen LogP contribution in [0, 0.1) is 0 Å². The Balaban J connectivity index is 1.33. The molecule has 0 saturated heterocycles. The molecule has 0 saturated carbocycles. The van der Waals surface area contributed by atoms with Crippen molar-refractivity contribution in [1.82, 2.24) is 15.0 Å². The summed E-state index contributed by atoms with van der Waals surface area (Å²) < 4.78 is 1.26. The Bertz CT molecular complexity index is 2070. The second-order valence-corrected chi connectivity index (χ2v) is 12.4. The molecule has 7 aromatic rings. The van der Waals surface area contributed by atoms with E-state index in [1.165, 1.54) is 32.3 Å². The van der Waals surface area contributed by atoms with E-state index in [4.69, 9.17) is 9.97 Å². The third-order valence-electron chi connectivity index (χ3n) is 8.43. The first-order valence-corrected chi connectivity index (χ1v) is 15.0. The van der Waals surface area contributed by atoms with Gasteiger partial charge in [0.15, 0.2) is 5.82 Å². The zero-order chi connectivity index (χ0) is 28.3. The number of nitrogens with zero attached hydrogens (tertiary/aromatic N) is 3. The minimum absolute atomic E-state index is 0.0752. The molecular weight excluding hydrogens is 531 g/mol. The van der Waals surface area contributed by atoms with Crippen molar-refractivity contribution < 1.29 is 0 Å². The first kappa shape index (κ1) is 24.8. The predicted molar refractivity (Wildman–Crippen MR) is 175 cm³/mol. The van der Waals surface area contributed by atoms with Gasteiger partial charge in [0.25, 0.3) is 0 Å². The van der Waals surface area contributed by atoms with Gasteiger partial charge in [-0.05, 0) is 63.0 Å². The van der Waals surface area contributed by atoms with Crippen LogP contribution in [-0.2, 0) is 5.41 Å². The summed E-state index contributed by atoms with van der Waals surface area (Å²) in [4.78, 5) is 15.8. The Morgan fingerprint density at radius 2 is 1.33 bits per heavy atom. The smallest absolute Gasteiger partial charge is 0.160 e. The molecule has 3 heterocycles. The lowest BCUT2D eigenvalue weighted by Crippen LogP contribution is -2.14. The third kappa shape index (κ3) is 3.99. The highest BCUT2D eigenvalue weighted by Crippen LogP contribution is 2.52. The number of benzene rings is 4. The van der Waals surface area contributed by atoms with Gasteiger partial charge in [-0.15, -0.1) is 11.3 Å². The average Bonchev–Trinajstić information content (AvgIpc) is 3.58. The molecular formula is C38H27N3S. The fraction of sp³-hybridized carbons (Fsp3) is 0.0789. The molecule has 0 aliphatic heterocycles. The molecule has 8 rings (SSSR count). The summed E-state index contributed by atoms with van der Waals surface area (Å²) in [7, 11) is 0. The van der Waals surface area contributed by atoms with Crippen LogP contribution in [0.3, 0.4) is 0 Å². The summed E-state index contributed by atoms with van der Waals surface area (Å²) in [6.07, 6.45) is 3.69. The Labute approximate surface area is 249 Å². The zero-order valence-electron chi connectivity index (χ0n) is 23.4. The van der Waals surface area contributed by atoms with E-state index in [1.54, 1.807) is 17.5 Å². The largest absolute Gasteiger partial charge is 0.264 e. The average molecular weight is 558 g/mol. The predicted octanol–water partition coefficient (Wildman–Crippen LogP) is 10.1. The molecule has 3 nitrogen and oxygen atoms in total. The summed E-state index contributed by atoms with van der Waals surface area (Å²) in [6.45, 7) is 4.64. The normalized spacial score (nSPS) is 13.2. The van der Waals surface area contributed by atoms with Gasteiger partial charge < -0.3 is 0 Å². The van der Waals surface area contributed by atoms with E-state index in [2.05, 4.69) is 128 Å². The Morgan fingerprint density at radius 1 is 0.595 bits per heavy atom. The standard InChI is InChI=1S/C38H27N3S/c1-38(2)30-13-5-4-11-28(30)36-29(12-7-14-31(36)38)32-22-33(35-21-26-9-3-6-15-34(26)42-35)41-37(40-32)25-18-16-24(17-19-25)27-10-8-20-39-23-27/h3-23H,1-2H3. The van der Waals surface area contributed by atoms with Crippen LogP contribution >= 0.6 is 11.3 Å². The molecule has 4 heteroatoms. The van der Waals surface area contributed by atoms with Crippen molar-refractivity contribution in [3.8, 4) is 55.5 Å².